The molecule has 1 aliphatic rings. The quantitative estimate of drug-likeness (QED) is 0.675. The number of ether oxygens (including phenoxy) is 1. The molecule has 0 aromatic carbocycles. The molecule has 0 amide bonds. The molecule has 0 saturated carbocycles. The number of nitrogens with one attached hydrogen (secondary N) is 1. The topological polar surface area (TPSA) is 21.3 Å². The normalized spacial score (nSPS) is 30.2. The number of hydrogen-bond acceptors (Lipinski definition) is 2. The van der Waals surface area contributed by atoms with E-state index in [-0.39, 0.29) is 0 Å². The Bertz CT molecular complexity index is 185. The van der Waals surface area contributed by atoms with Gasteiger partial charge in [0.15, 0.2) is 0 Å². The molecule has 1 aliphatic heterocycles. The maximum absolute atomic E-state index is 5.56. The maximum atomic E-state index is 5.56. The van der Waals surface area contributed by atoms with Crippen LogP contribution >= 0.6 is 0 Å². The van der Waals surface area contributed by atoms with Crippen molar-refractivity contribution >= 4 is 0 Å². The molecule has 1 N–H and O–H groups in total. The van der Waals surface area contributed by atoms with Crippen molar-refractivity contribution < 1.29 is 4.74 Å². The van der Waals surface area contributed by atoms with Gasteiger partial charge in [-0.1, -0.05) is 11.6 Å². The Morgan fingerprint density at radius 3 is 2.62 bits per heavy atom. The summed E-state index contributed by atoms with van der Waals surface area (Å²) in [7, 11) is 2.02. The molecule has 1 saturated heterocycles. The van der Waals surface area contributed by atoms with Gasteiger partial charge in [0.2, 0.25) is 0 Å². The van der Waals surface area contributed by atoms with Gasteiger partial charge in [-0.15, -0.1) is 0 Å². The van der Waals surface area contributed by atoms with Gasteiger partial charge in [-0.05, 0) is 34.2 Å². The number of allylic oxidation sites excluding steroid dienone is 1. The van der Waals surface area contributed by atoms with Crippen LogP contribution in [0.2, 0.25) is 0 Å². The van der Waals surface area contributed by atoms with E-state index in [0.29, 0.717) is 18.1 Å². The van der Waals surface area contributed by atoms with E-state index in [4.69, 9.17) is 4.74 Å². The van der Waals surface area contributed by atoms with Gasteiger partial charge < -0.3 is 10.1 Å². The molecule has 1 fully saturated rings. The summed E-state index contributed by atoms with van der Waals surface area (Å²) in [5.41, 5.74) is 1.37. The molecule has 0 aromatic heterocycles. The monoisotopic (exact) mass is 183 g/mol. The Kier molecular flexibility index (Phi) is 3.94. The van der Waals surface area contributed by atoms with Crippen molar-refractivity contribution in [2.75, 3.05) is 13.7 Å². The minimum absolute atomic E-state index is 0.436. The third-order valence-corrected chi connectivity index (χ3v) is 2.58. The van der Waals surface area contributed by atoms with Gasteiger partial charge in [-0.25, -0.2) is 0 Å². The first kappa shape index (κ1) is 10.7. The predicted molar refractivity (Wildman–Crippen MR) is 55.8 cm³/mol. The molecule has 3 atom stereocenters. The Hall–Kier alpha value is -0.340. The van der Waals surface area contributed by atoms with Crippen LogP contribution in [0.4, 0.5) is 0 Å². The fraction of sp³-hybridized carbons (Fsp3) is 0.818. The molecule has 1 heterocycles. The van der Waals surface area contributed by atoms with Crippen LogP contribution in [0.15, 0.2) is 11.6 Å². The second kappa shape index (κ2) is 4.77. The highest BCUT2D eigenvalue weighted by molar-refractivity contribution is 5.04. The lowest BCUT2D eigenvalue weighted by molar-refractivity contribution is 0.118. The second-order valence-corrected chi connectivity index (χ2v) is 4.20. The van der Waals surface area contributed by atoms with Crippen LogP contribution in [-0.2, 0) is 4.74 Å². The summed E-state index contributed by atoms with van der Waals surface area (Å²) >= 11 is 0. The first-order valence-corrected chi connectivity index (χ1v) is 5.07. The van der Waals surface area contributed by atoms with E-state index in [9.17, 15) is 0 Å². The summed E-state index contributed by atoms with van der Waals surface area (Å²) in [4.78, 5) is 0. The third-order valence-electron chi connectivity index (χ3n) is 2.58. The molecule has 0 aromatic rings. The fourth-order valence-electron chi connectivity index (χ4n) is 1.91. The highest BCUT2D eigenvalue weighted by Gasteiger charge is 2.27. The summed E-state index contributed by atoms with van der Waals surface area (Å²) in [6.07, 6.45) is 3.91. The molecule has 76 valence electrons. The molecule has 2 heteroatoms. The van der Waals surface area contributed by atoms with Crippen LogP contribution in [0.1, 0.15) is 27.2 Å². The highest BCUT2D eigenvalue weighted by atomic mass is 16.5. The SMILES string of the molecule is CNC(C=C(C)C)C1COC(C)C1. The van der Waals surface area contributed by atoms with E-state index in [2.05, 4.69) is 32.2 Å². The minimum atomic E-state index is 0.436. The molecule has 1 rings (SSSR count). The van der Waals surface area contributed by atoms with Crippen molar-refractivity contribution in [2.24, 2.45) is 5.92 Å². The Balaban J connectivity index is 2.52. The summed E-state index contributed by atoms with van der Waals surface area (Å²) in [5, 5.41) is 3.34. The molecule has 3 unspecified atom stereocenters. The van der Waals surface area contributed by atoms with Gasteiger partial charge in [-0.2, -0.15) is 0 Å². The summed E-state index contributed by atoms with van der Waals surface area (Å²) in [6, 6.07) is 0.481. The molecule has 0 bridgehead atoms. The van der Waals surface area contributed by atoms with E-state index in [1.807, 2.05) is 7.05 Å². The van der Waals surface area contributed by atoms with Crippen LogP contribution in [0, 0.1) is 5.92 Å². The standard InChI is InChI=1S/C11H21NO/c1-8(2)5-11(12-4)10-6-9(3)13-7-10/h5,9-12H,6-7H2,1-4H3. The molecular formula is C11H21NO. The van der Waals surface area contributed by atoms with E-state index >= 15 is 0 Å². The summed E-state index contributed by atoms with van der Waals surface area (Å²) in [5.74, 6) is 0.648. The lowest BCUT2D eigenvalue weighted by atomic mass is 9.95. The molecule has 13 heavy (non-hydrogen) atoms. The predicted octanol–water partition coefficient (Wildman–Crippen LogP) is 1.97. The molecular weight excluding hydrogens is 162 g/mol. The molecule has 0 spiro atoms. The van der Waals surface area contributed by atoms with Gasteiger partial charge in [0.25, 0.3) is 0 Å². The average Bonchev–Trinajstić information content (AvgIpc) is 2.47. The van der Waals surface area contributed by atoms with Crippen LogP contribution < -0.4 is 5.32 Å². The minimum Gasteiger partial charge on any atom is -0.378 e. The van der Waals surface area contributed by atoms with Gasteiger partial charge >= 0.3 is 0 Å². The van der Waals surface area contributed by atoms with Crippen LogP contribution in [-0.4, -0.2) is 25.8 Å². The van der Waals surface area contributed by atoms with E-state index in [0.717, 1.165) is 6.61 Å². The Labute approximate surface area is 81.4 Å². The largest absolute Gasteiger partial charge is 0.378 e. The van der Waals surface area contributed by atoms with Gasteiger partial charge in [0.05, 0.1) is 12.7 Å². The summed E-state index contributed by atoms with van der Waals surface area (Å²) < 4.78 is 5.56. The molecule has 0 radical (unpaired) electrons. The fourth-order valence-corrected chi connectivity index (χ4v) is 1.91. The van der Waals surface area contributed by atoms with Gasteiger partial charge in [0, 0.05) is 12.0 Å². The highest BCUT2D eigenvalue weighted by Crippen LogP contribution is 2.23. The lowest BCUT2D eigenvalue weighted by Crippen LogP contribution is -2.32. The first-order chi connectivity index (χ1) is 6.13. The molecule has 2 nitrogen and oxygen atoms in total. The molecule has 0 aliphatic carbocycles. The van der Waals surface area contributed by atoms with Crippen LogP contribution in [0.3, 0.4) is 0 Å². The average molecular weight is 183 g/mol. The Morgan fingerprint density at radius 2 is 2.23 bits per heavy atom. The van der Waals surface area contributed by atoms with Crippen molar-refractivity contribution in [2.45, 2.75) is 39.3 Å². The summed E-state index contributed by atoms with van der Waals surface area (Å²) in [6.45, 7) is 7.33. The van der Waals surface area contributed by atoms with Crippen molar-refractivity contribution in [3.05, 3.63) is 11.6 Å². The van der Waals surface area contributed by atoms with E-state index in [1.54, 1.807) is 0 Å². The first-order valence-electron chi connectivity index (χ1n) is 5.07. The van der Waals surface area contributed by atoms with Crippen molar-refractivity contribution in [3.63, 3.8) is 0 Å². The zero-order chi connectivity index (χ0) is 9.84. The van der Waals surface area contributed by atoms with E-state index in [1.165, 1.54) is 12.0 Å². The number of likely N-dealkylation sites (N-methyl/N-ethyl adjacent to an activating group) is 1. The lowest BCUT2D eigenvalue weighted by Gasteiger charge is -2.18. The zero-order valence-electron chi connectivity index (χ0n) is 9.13. The van der Waals surface area contributed by atoms with Crippen molar-refractivity contribution in [3.8, 4) is 0 Å². The third kappa shape index (κ3) is 3.12. The van der Waals surface area contributed by atoms with Crippen LogP contribution in [0.5, 0.6) is 0 Å². The van der Waals surface area contributed by atoms with Crippen molar-refractivity contribution in [1.29, 1.82) is 0 Å². The van der Waals surface area contributed by atoms with Gasteiger partial charge in [0.1, 0.15) is 0 Å². The van der Waals surface area contributed by atoms with Gasteiger partial charge in [-0.3, -0.25) is 0 Å². The van der Waals surface area contributed by atoms with Crippen molar-refractivity contribution in [1.82, 2.24) is 5.32 Å². The second-order valence-electron chi connectivity index (χ2n) is 4.20. The van der Waals surface area contributed by atoms with Crippen LogP contribution in [0.25, 0.3) is 0 Å². The smallest absolute Gasteiger partial charge is 0.0551 e. The Morgan fingerprint density at radius 1 is 1.54 bits per heavy atom. The van der Waals surface area contributed by atoms with E-state index < -0.39 is 0 Å². The number of rotatable bonds is 3. The zero-order valence-corrected chi connectivity index (χ0v) is 9.13. The number of hydrogen-bond donors (Lipinski definition) is 1. The maximum Gasteiger partial charge on any atom is 0.0551 e.